The molecule has 0 spiro atoms. The van der Waals surface area contributed by atoms with Crippen molar-refractivity contribution in [1.29, 1.82) is 0 Å². The van der Waals surface area contributed by atoms with E-state index < -0.39 is 0 Å². The summed E-state index contributed by atoms with van der Waals surface area (Å²) in [6, 6.07) is 48.6. The van der Waals surface area contributed by atoms with Gasteiger partial charge in [0.1, 0.15) is 0 Å². The van der Waals surface area contributed by atoms with Crippen molar-refractivity contribution in [1.82, 2.24) is 0 Å². The maximum Gasteiger partial charge on any atom is 1.00 e. The third-order valence-corrected chi connectivity index (χ3v) is 19.8. The maximum absolute atomic E-state index is 2.52. The fourth-order valence-corrected chi connectivity index (χ4v) is 15.6. The summed E-state index contributed by atoms with van der Waals surface area (Å²) in [6.45, 7) is 27.6. The van der Waals surface area contributed by atoms with E-state index in [1.54, 1.807) is 5.57 Å². The summed E-state index contributed by atoms with van der Waals surface area (Å²) < 4.78 is 0. The largest absolute Gasteiger partial charge is 1.00 e. The minimum Gasteiger partial charge on any atom is -1.00 e. The van der Waals surface area contributed by atoms with E-state index in [-0.39, 0.29) is 62.8 Å². The number of benzene rings is 5. The molecule has 432 valence electrons. The molecule has 5 aromatic carbocycles. The Kier molecular flexibility index (Phi) is 21.1. The molecule has 2 heteroatoms. The van der Waals surface area contributed by atoms with Crippen LogP contribution in [0.3, 0.4) is 0 Å². The van der Waals surface area contributed by atoms with Gasteiger partial charge in [0.25, 0.3) is 0 Å². The topological polar surface area (TPSA) is 0 Å². The van der Waals surface area contributed by atoms with Crippen molar-refractivity contribution in [3.8, 4) is 22.3 Å². The molecule has 86 heavy (non-hydrogen) atoms. The molecule has 9 atom stereocenters. The van der Waals surface area contributed by atoms with Gasteiger partial charge in [-0.1, -0.05) is 309 Å². The van der Waals surface area contributed by atoms with Gasteiger partial charge in [0, 0.05) is 11.3 Å². The van der Waals surface area contributed by atoms with Gasteiger partial charge in [-0.3, -0.25) is 0 Å². The van der Waals surface area contributed by atoms with Gasteiger partial charge in [-0.15, -0.1) is 0 Å². The number of fused-ring (bicyclic) bond motifs is 9. The fourth-order valence-electron chi connectivity index (χ4n) is 15.6. The molecule has 5 aromatic rings. The normalized spacial score (nSPS) is 24.7. The van der Waals surface area contributed by atoms with E-state index in [9.17, 15) is 0 Å². The van der Waals surface area contributed by atoms with Crippen molar-refractivity contribution < 1.29 is 39.1 Å². The zero-order chi connectivity index (χ0) is 58.2. The minimum absolute atomic E-state index is 0. The van der Waals surface area contributed by atoms with Crippen LogP contribution in [0.4, 0.5) is 0 Å². The monoisotopic (exact) mass is 1120 g/mol. The smallest absolute Gasteiger partial charge is 1.00 e. The molecule has 9 unspecified atom stereocenters. The fraction of sp³-hybridized carbons (Fsp3) is 0.321. The third-order valence-electron chi connectivity index (χ3n) is 19.8. The van der Waals surface area contributed by atoms with E-state index in [1.807, 2.05) is 0 Å². The van der Waals surface area contributed by atoms with Gasteiger partial charge in [0.05, 0.1) is 0 Å². The molecule has 0 radical (unpaired) electrons. The Labute approximate surface area is 545 Å². The predicted octanol–water partition coefficient (Wildman–Crippen LogP) is 17.3. The Hall–Kier alpha value is -6.09. The molecule has 0 saturated heterocycles. The Bertz CT molecular complexity index is 3540. The SMILES string of the molecule is C1=CC2CC3C=CC=C(c4ccccc4)C3C2C=C1.C1=CC2CC3C=CC=C(c4ccccc4)C3C2C=C1.CC1=C(C(C)(C)C2c3ccccc3-c3c(-c4ccccc4)cccc32)C=C(C(C)(C)C)C1.CC1=CC(C(C)(C)C)=CC1=C(C)C.[CH3-].[H-].[Li+].[Li+]. The van der Waals surface area contributed by atoms with E-state index in [0.29, 0.717) is 41.4 Å². The number of allylic oxidation sites excluding steroid dienone is 26. The van der Waals surface area contributed by atoms with E-state index in [2.05, 4.69) is 320 Å². The number of rotatable bonds is 5. The molecule has 9 aliphatic rings. The number of hydrogen-bond acceptors (Lipinski definition) is 0. The molecule has 0 heterocycles. The van der Waals surface area contributed by atoms with Crippen LogP contribution in [0.2, 0.25) is 0 Å². The predicted molar refractivity (Wildman–Crippen MR) is 366 cm³/mol. The van der Waals surface area contributed by atoms with Crippen molar-refractivity contribution >= 4 is 11.1 Å². The van der Waals surface area contributed by atoms with Gasteiger partial charge in [0.15, 0.2) is 0 Å². The summed E-state index contributed by atoms with van der Waals surface area (Å²) >= 11 is 0. The van der Waals surface area contributed by atoms with Crippen LogP contribution in [0.25, 0.3) is 33.4 Å². The van der Waals surface area contributed by atoms with Crippen LogP contribution < -0.4 is 37.7 Å². The molecular formula is C84H94Li2. The Balaban J connectivity index is 0.000000172. The van der Waals surface area contributed by atoms with Crippen LogP contribution in [0.15, 0.2) is 276 Å². The number of hydrogen-bond donors (Lipinski definition) is 0. The summed E-state index contributed by atoms with van der Waals surface area (Å²) in [6.07, 6.45) is 43.4. The van der Waals surface area contributed by atoms with Crippen molar-refractivity contribution in [2.24, 2.45) is 63.6 Å². The zero-order valence-corrected chi connectivity index (χ0v) is 54.8. The van der Waals surface area contributed by atoms with E-state index in [4.69, 9.17) is 0 Å². The first kappa shape index (κ1) is 65.9. The molecule has 0 aromatic heterocycles. The molecule has 9 aliphatic carbocycles. The first-order valence-electron chi connectivity index (χ1n) is 31.2. The molecule has 2 saturated carbocycles. The van der Waals surface area contributed by atoms with Crippen molar-refractivity contribution in [3.05, 3.63) is 305 Å². The summed E-state index contributed by atoms with van der Waals surface area (Å²) in [4.78, 5) is 0. The van der Waals surface area contributed by atoms with E-state index in [0.717, 1.165) is 18.3 Å². The van der Waals surface area contributed by atoms with Crippen molar-refractivity contribution in [2.75, 3.05) is 0 Å². The second-order valence-corrected chi connectivity index (χ2v) is 27.9. The molecular weight excluding hydrogens is 1020 g/mol. The maximum atomic E-state index is 2.52. The Morgan fingerprint density at radius 1 is 0.453 bits per heavy atom. The molecule has 0 N–H and O–H groups in total. The summed E-state index contributed by atoms with van der Waals surface area (Å²) in [7, 11) is 0. The van der Waals surface area contributed by atoms with Crippen molar-refractivity contribution in [3.63, 3.8) is 0 Å². The average molecular weight is 1120 g/mol. The van der Waals surface area contributed by atoms with Crippen LogP contribution in [-0.4, -0.2) is 0 Å². The average Bonchev–Trinajstić information content (AvgIpc) is 1.61. The van der Waals surface area contributed by atoms with Crippen LogP contribution in [0.1, 0.15) is 132 Å². The van der Waals surface area contributed by atoms with E-state index in [1.165, 1.54) is 102 Å². The summed E-state index contributed by atoms with van der Waals surface area (Å²) in [5.41, 5.74) is 25.0. The summed E-state index contributed by atoms with van der Waals surface area (Å²) in [5.74, 6) is 5.93. The third kappa shape index (κ3) is 13.5. The quantitative estimate of drug-likeness (QED) is 0.122. The minimum atomic E-state index is 0. The van der Waals surface area contributed by atoms with Crippen LogP contribution in [-0.2, 0) is 0 Å². The molecule has 14 rings (SSSR count). The van der Waals surface area contributed by atoms with Gasteiger partial charge in [-0.2, -0.15) is 0 Å². The summed E-state index contributed by atoms with van der Waals surface area (Å²) in [5, 5.41) is 0. The Morgan fingerprint density at radius 2 is 0.907 bits per heavy atom. The second-order valence-electron chi connectivity index (χ2n) is 27.9. The molecule has 0 aliphatic heterocycles. The van der Waals surface area contributed by atoms with E-state index >= 15 is 0 Å². The van der Waals surface area contributed by atoms with Gasteiger partial charge < -0.3 is 8.85 Å². The van der Waals surface area contributed by atoms with Crippen LogP contribution in [0.5, 0.6) is 0 Å². The second kappa shape index (κ2) is 27.5. The van der Waals surface area contributed by atoms with Gasteiger partial charge in [-0.25, -0.2) is 0 Å². The molecule has 0 amide bonds. The van der Waals surface area contributed by atoms with Gasteiger partial charge in [0.2, 0.25) is 0 Å². The van der Waals surface area contributed by atoms with Crippen molar-refractivity contribution in [2.45, 2.75) is 108 Å². The van der Waals surface area contributed by atoms with Crippen LogP contribution in [0, 0.1) is 71.0 Å². The van der Waals surface area contributed by atoms with Crippen LogP contribution >= 0.6 is 0 Å². The van der Waals surface area contributed by atoms with Gasteiger partial charge >= 0.3 is 37.7 Å². The molecule has 2 fully saturated rings. The first-order chi connectivity index (χ1) is 39.9. The first-order valence-corrected chi connectivity index (χ1v) is 31.2. The zero-order valence-electron chi connectivity index (χ0n) is 55.8. The molecule has 0 bridgehead atoms. The molecule has 0 nitrogen and oxygen atoms in total. The standard InChI is InChI=1S/C32H34.2C19H18.C13H20.CH3.2Li.H/c1-21-19-23(31(2,3)4)20-28(21)32(5,6)30-26-16-11-10-15-25(26)29-24(17-12-18-27(29)30)22-13-8-7-9-14-22;2*1-2-7-14(8-3-1)17-12-6-10-16-13-15-9-4-5-11-18(15)19(16)17;1-9(2)12-8-11(7-10(12)3)13(4,5)6;;;;/h7-18,20,30H,19H2,1-6H3;2*1-12,15-16,18-19H,13H2;7-8H,1-6H3;1H3;;;/q;;;;-1;2*+1;-1. The van der Waals surface area contributed by atoms with Gasteiger partial charge in [-0.05, 0) is 183 Å². The Morgan fingerprint density at radius 3 is 1.37 bits per heavy atom.